The van der Waals surface area contributed by atoms with Gasteiger partial charge in [-0.25, -0.2) is 0 Å². The number of hydrogen-bond donors (Lipinski definition) is 0. The number of ether oxygens (including phenoxy) is 2. The van der Waals surface area contributed by atoms with Crippen LogP contribution in [-0.4, -0.2) is 51.6 Å². The Morgan fingerprint density at radius 2 is 2.14 bits per heavy atom. The Kier molecular flexibility index (Phi) is 4.56. The monoisotopic (exact) mass is 396 g/mol. The van der Waals surface area contributed by atoms with Gasteiger partial charge in [-0.15, -0.1) is 11.8 Å². The maximum Gasteiger partial charge on any atom is 0.264 e. The Balaban J connectivity index is 1.11. The van der Waals surface area contributed by atoms with Gasteiger partial charge in [-0.05, 0) is 37.1 Å². The summed E-state index contributed by atoms with van der Waals surface area (Å²) in [5, 5.41) is 0. The molecular formula is C22H24N2O3S. The number of rotatable bonds is 4. The molecule has 0 radical (unpaired) electrons. The first-order chi connectivity index (χ1) is 13.6. The summed E-state index contributed by atoms with van der Waals surface area (Å²) in [4.78, 5) is 19.3. The van der Waals surface area contributed by atoms with Gasteiger partial charge in [-0.3, -0.25) is 9.78 Å². The lowest BCUT2D eigenvalue weighted by atomic mass is 9.92. The first-order valence-corrected chi connectivity index (χ1v) is 10.8. The molecule has 1 aromatic heterocycles. The van der Waals surface area contributed by atoms with Crippen LogP contribution in [-0.2, 0) is 22.6 Å². The van der Waals surface area contributed by atoms with Crippen LogP contribution in [0.15, 0.2) is 42.5 Å². The molecule has 28 heavy (non-hydrogen) atoms. The molecule has 3 aliphatic rings. The molecule has 0 N–H and O–H groups in total. The second-order valence-electron chi connectivity index (χ2n) is 8.01. The van der Waals surface area contributed by atoms with Gasteiger partial charge in [0.15, 0.2) is 6.10 Å². The maximum atomic E-state index is 12.8. The van der Waals surface area contributed by atoms with Gasteiger partial charge in [0, 0.05) is 31.0 Å². The van der Waals surface area contributed by atoms with E-state index < -0.39 is 0 Å². The predicted octanol–water partition coefficient (Wildman–Crippen LogP) is 3.00. The third kappa shape index (κ3) is 3.40. The SMILES string of the molecule is Cc1cccc(CO[C@@H]2CSC3(C2)CN(C(=O)[C@@H]2Cc4ccccc4O2)C3)n1. The van der Waals surface area contributed by atoms with E-state index in [4.69, 9.17) is 9.47 Å². The summed E-state index contributed by atoms with van der Waals surface area (Å²) in [6.07, 6.45) is 1.55. The molecule has 6 heteroatoms. The second kappa shape index (κ2) is 7.08. The highest BCUT2D eigenvalue weighted by Gasteiger charge is 2.52. The van der Waals surface area contributed by atoms with Crippen LogP contribution in [0.2, 0.25) is 0 Å². The largest absolute Gasteiger partial charge is 0.480 e. The van der Waals surface area contributed by atoms with Crippen LogP contribution in [0.25, 0.3) is 0 Å². The summed E-state index contributed by atoms with van der Waals surface area (Å²) < 4.78 is 12.1. The molecule has 2 saturated heterocycles. The average molecular weight is 397 g/mol. The minimum Gasteiger partial charge on any atom is -0.480 e. The molecule has 2 aromatic rings. The van der Waals surface area contributed by atoms with E-state index in [1.165, 1.54) is 0 Å². The Morgan fingerprint density at radius 1 is 1.29 bits per heavy atom. The molecule has 4 heterocycles. The van der Waals surface area contributed by atoms with Crippen molar-refractivity contribution in [3.05, 3.63) is 59.4 Å². The van der Waals surface area contributed by atoms with Gasteiger partial charge in [-0.2, -0.15) is 0 Å². The number of amides is 1. The lowest BCUT2D eigenvalue weighted by Crippen LogP contribution is -2.63. The zero-order valence-corrected chi connectivity index (χ0v) is 16.8. The second-order valence-corrected chi connectivity index (χ2v) is 9.50. The molecule has 146 valence electrons. The molecule has 1 aromatic carbocycles. The summed E-state index contributed by atoms with van der Waals surface area (Å²) >= 11 is 1.95. The normalized spacial score (nSPS) is 24.7. The summed E-state index contributed by atoms with van der Waals surface area (Å²) in [6.45, 7) is 4.15. The summed E-state index contributed by atoms with van der Waals surface area (Å²) in [6, 6.07) is 14.0. The molecule has 0 aliphatic carbocycles. The number of carbonyl (C=O) groups excluding carboxylic acids is 1. The van der Waals surface area contributed by atoms with Crippen LogP contribution in [0.4, 0.5) is 0 Å². The number of thioether (sulfide) groups is 1. The van der Waals surface area contributed by atoms with Gasteiger partial charge < -0.3 is 14.4 Å². The van der Waals surface area contributed by atoms with E-state index in [0.29, 0.717) is 13.0 Å². The fraction of sp³-hybridized carbons (Fsp3) is 0.455. The number of pyridine rings is 1. The van der Waals surface area contributed by atoms with Crippen LogP contribution in [0.1, 0.15) is 23.4 Å². The molecule has 5 rings (SSSR count). The fourth-order valence-electron chi connectivity index (χ4n) is 4.34. The lowest BCUT2D eigenvalue weighted by Gasteiger charge is -2.48. The number of benzene rings is 1. The van der Waals surface area contributed by atoms with Crippen LogP contribution in [0.5, 0.6) is 5.75 Å². The van der Waals surface area contributed by atoms with Crippen LogP contribution in [0.3, 0.4) is 0 Å². The van der Waals surface area contributed by atoms with Crippen molar-refractivity contribution in [3.63, 3.8) is 0 Å². The van der Waals surface area contributed by atoms with Gasteiger partial charge in [0.1, 0.15) is 5.75 Å². The van der Waals surface area contributed by atoms with Crippen molar-refractivity contribution in [2.75, 3.05) is 18.8 Å². The molecule has 5 nitrogen and oxygen atoms in total. The van der Waals surface area contributed by atoms with Gasteiger partial charge in [0.05, 0.1) is 23.2 Å². The number of likely N-dealkylation sites (tertiary alicyclic amines) is 1. The standard InChI is InChI=1S/C22H24N2O3S/c1-15-5-4-7-17(23-15)11-26-18-10-22(28-12-18)13-24(14-22)21(25)20-9-16-6-2-3-8-19(16)27-20/h2-8,18,20H,9-14H2,1H3/t18-,20-/m0/s1. The van der Waals surface area contributed by atoms with Gasteiger partial charge >= 0.3 is 0 Å². The van der Waals surface area contributed by atoms with E-state index in [9.17, 15) is 4.79 Å². The molecule has 0 saturated carbocycles. The molecular weight excluding hydrogens is 372 g/mol. The van der Waals surface area contributed by atoms with Crippen LogP contribution in [0, 0.1) is 6.92 Å². The van der Waals surface area contributed by atoms with Crippen molar-refractivity contribution < 1.29 is 14.3 Å². The number of hydrogen-bond acceptors (Lipinski definition) is 5. The number of fused-ring (bicyclic) bond motifs is 1. The van der Waals surface area contributed by atoms with Gasteiger partial charge in [-0.1, -0.05) is 24.3 Å². The van der Waals surface area contributed by atoms with E-state index in [1.807, 2.05) is 66.1 Å². The number of aryl methyl sites for hydroxylation is 1. The topological polar surface area (TPSA) is 51.7 Å². The fourth-order valence-corrected chi connectivity index (χ4v) is 5.89. The number of aromatic nitrogens is 1. The van der Waals surface area contributed by atoms with E-state index in [1.54, 1.807) is 0 Å². The maximum absolute atomic E-state index is 12.8. The minimum atomic E-state index is -0.361. The van der Waals surface area contributed by atoms with Crippen molar-refractivity contribution in [2.45, 2.75) is 43.3 Å². The third-order valence-corrected chi connectivity index (χ3v) is 7.36. The van der Waals surface area contributed by atoms with Gasteiger partial charge in [0.25, 0.3) is 5.91 Å². The van der Waals surface area contributed by atoms with Crippen LogP contribution >= 0.6 is 11.8 Å². The first-order valence-electron chi connectivity index (χ1n) is 9.82. The van der Waals surface area contributed by atoms with Gasteiger partial charge in [0.2, 0.25) is 0 Å². The zero-order valence-electron chi connectivity index (χ0n) is 16.0. The quantitative estimate of drug-likeness (QED) is 0.795. The Labute approximate surface area is 169 Å². The molecule has 0 unspecified atom stereocenters. The minimum absolute atomic E-state index is 0.121. The molecule has 0 bridgehead atoms. The van der Waals surface area contributed by atoms with E-state index in [2.05, 4.69) is 4.98 Å². The van der Waals surface area contributed by atoms with Crippen molar-refractivity contribution in [2.24, 2.45) is 0 Å². The number of carbonyl (C=O) groups is 1. The van der Waals surface area contributed by atoms with Crippen molar-refractivity contribution in [3.8, 4) is 5.75 Å². The summed E-state index contributed by atoms with van der Waals surface area (Å²) in [7, 11) is 0. The zero-order chi connectivity index (χ0) is 19.1. The molecule has 1 amide bonds. The Hall–Kier alpha value is -2.05. The summed E-state index contributed by atoms with van der Waals surface area (Å²) in [5.74, 6) is 1.96. The number of para-hydroxylation sites is 1. The Bertz CT molecular complexity index is 872. The van der Waals surface area contributed by atoms with E-state index >= 15 is 0 Å². The predicted molar refractivity (Wildman–Crippen MR) is 108 cm³/mol. The average Bonchev–Trinajstić information content (AvgIpc) is 3.29. The molecule has 3 aliphatic heterocycles. The highest BCUT2D eigenvalue weighted by Crippen LogP contribution is 2.46. The van der Waals surface area contributed by atoms with Crippen molar-refractivity contribution in [1.29, 1.82) is 0 Å². The van der Waals surface area contributed by atoms with E-state index in [-0.39, 0.29) is 22.9 Å². The lowest BCUT2D eigenvalue weighted by molar-refractivity contribution is -0.143. The van der Waals surface area contributed by atoms with Crippen molar-refractivity contribution in [1.82, 2.24) is 9.88 Å². The van der Waals surface area contributed by atoms with E-state index in [0.717, 1.165) is 48.0 Å². The molecule has 2 fully saturated rings. The smallest absolute Gasteiger partial charge is 0.264 e. The Morgan fingerprint density at radius 3 is 2.96 bits per heavy atom. The molecule has 1 spiro atoms. The first kappa shape index (κ1) is 18.0. The highest BCUT2D eigenvalue weighted by molar-refractivity contribution is 8.01. The number of nitrogens with zero attached hydrogens (tertiary/aromatic N) is 2. The molecule has 2 atom stereocenters. The summed E-state index contributed by atoms with van der Waals surface area (Å²) in [5.41, 5.74) is 3.13. The highest BCUT2D eigenvalue weighted by atomic mass is 32.2. The third-order valence-electron chi connectivity index (χ3n) is 5.78. The van der Waals surface area contributed by atoms with Crippen LogP contribution < -0.4 is 4.74 Å². The van der Waals surface area contributed by atoms with Crippen molar-refractivity contribution >= 4 is 17.7 Å².